The molecule has 364 valence electrons. The summed E-state index contributed by atoms with van der Waals surface area (Å²) < 4.78 is 249. The number of rotatable bonds is 25. The number of carbonyl (C=O) groups is 2. The monoisotopic (exact) mass is 964 g/mol. The lowest BCUT2D eigenvalue weighted by molar-refractivity contribution is -0.460. The molecule has 3 aromatic carbocycles. The summed E-state index contributed by atoms with van der Waals surface area (Å²) in [6.07, 6.45) is -2.61. The molecule has 0 bridgehead atoms. The molecule has 0 N–H and O–H groups in total. The first-order chi connectivity index (χ1) is 29.9. The highest BCUT2D eigenvalue weighted by Gasteiger charge is 2.96. The molecule has 23 heteroatoms. The highest BCUT2D eigenvalue weighted by Crippen LogP contribution is 2.64. The standard InChI is InChI=1S/C42H41F17O6/c1-3-4-5-8-11-26(2)64-31-22-16-29(17-23-31)33(60)65-32-20-14-28(15-21-32)27-12-18-30(19-13-27)62-24-9-6-7-10-25-63-34(61)35(43,44)36(45,46)37(47,48)38(49,50)39(51,52)40(53,54)41(55,56)42(57,58)59/h12-23,26H,3-11,24-25H2,1-2H3/t26-/m0/s1. The molecule has 0 spiro atoms. The summed E-state index contributed by atoms with van der Waals surface area (Å²) in [4.78, 5) is 24.2. The van der Waals surface area contributed by atoms with Crippen LogP contribution in [0.5, 0.6) is 17.2 Å². The third-order valence-corrected chi connectivity index (χ3v) is 9.66. The number of carbonyl (C=O) groups excluding carboxylic acids is 2. The van der Waals surface area contributed by atoms with Crippen molar-refractivity contribution in [3.63, 3.8) is 0 Å². The smallest absolute Gasteiger partial charge is 0.460 e. The maximum Gasteiger partial charge on any atom is 0.460 e. The van der Waals surface area contributed by atoms with E-state index in [9.17, 15) is 84.2 Å². The van der Waals surface area contributed by atoms with Crippen LogP contribution in [0.3, 0.4) is 0 Å². The second-order valence-corrected chi connectivity index (χ2v) is 14.7. The number of benzene rings is 3. The van der Waals surface area contributed by atoms with Crippen LogP contribution in [0.25, 0.3) is 11.1 Å². The van der Waals surface area contributed by atoms with Gasteiger partial charge in [0.2, 0.25) is 0 Å². The number of hydrogen-bond donors (Lipinski definition) is 0. The third kappa shape index (κ3) is 11.9. The van der Waals surface area contributed by atoms with E-state index in [4.69, 9.17) is 14.2 Å². The minimum Gasteiger partial charge on any atom is -0.494 e. The molecule has 0 unspecified atom stereocenters. The lowest BCUT2D eigenvalue weighted by Gasteiger charge is -2.42. The average Bonchev–Trinajstić information content (AvgIpc) is 3.23. The van der Waals surface area contributed by atoms with Gasteiger partial charge in [-0.05, 0) is 105 Å². The third-order valence-electron chi connectivity index (χ3n) is 9.66. The van der Waals surface area contributed by atoms with Gasteiger partial charge in [0, 0.05) is 0 Å². The van der Waals surface area contributed by atoms with Crippen LogP contribution in [-0.4, -0.2) is 78.9 Å². The molecule has 0 aliphatic rings. The summed E-state index contributed by atoms with van der Waals surface area (Å²) in [5, 5.41) is 0. The van der Waals surface area contributed by atoms with Crippen LogP contribution in [0.1, 0.15) is 82.0 Å². The first-order valence-corrected chi connectivity index (χ1v) is 19.6. The van der Waals surface area contributed by atoms with Crippen LogP contribution in [0.15, 0.2) is 72.8 Å². The predicted molar refractivity (Wildman–Crippen MR) is 198 cm³/mol. The Labute approximate surface area is 360 Å². The lowest BCUT2D eigenvalue weighted by Crippen LogP contribution is -2.75. The molecule has 0 saturated carbocycles. The maximum atomic E-state index is 14.0. The zero-order valence-electron chi connectivity index (χ0n) is 34.2. The van der Waals surface area contributed by atoms with Crippen LogP contribution in [0.4, 0.5) is 74.6 Å². The van der Waals surface area contributed by atoms with Crippen molar-refractivity contribution in [2.45, 2.75) is 125 Å². The molecule has 0 saturated heterocycles. The van der Waals surface area contributed by atoms with Gasteiger partial charge < -0.3 is 18.9 Å². The Morgan fingerprint density at radius 3 is 1.42 bits per heavy atom. The molecule has 0 aliphatic carbocycles. The fraction of sp³-hybridized carbons (Fsp3) is 0.524. The number of hydrogen-bond acceptors (Lipinski definition) is 6. The SMILES string of the molecule is CCCCCC[C@H](C)Oc1ccc(C(=O)Oc2ccc(-c3ccc(OCCCCCCOC(=O)C(F)(F)C(F)(F)C(F)(F)C(F)(F)C(F)(F)C(F)(F)C(F)(F)C(F)(F)F)cc3)cc2)cc1. The van der Waals surface area contributed by atoms with E-state index < -0.39 is 72.6 Å². The summed E-state index contributed by atoms with van der Waals surface area (Å²) in [6, 6.07) is 19.8. The fourth-order valence-electron chi connectivity index (χ4n) is 5.74. The summed E-state index contributed by atoms with van der Waals surface area (Å²) >= 11 is 0. The molecular weight excluding hydrogens is 923 g/mol. The van der Waals surface area contributed by atoms with Crippen molar-refractivity contribution < 1.29 is 103 Å². The first-order valence-electron chi connectivity index (χ1n) is 19.6. The molecule has 0 aliphatic heterocycles. The predicted octanol–water partition coefficient (Wildman–Crippen LogP) is 13.8. The van der Waals surface area contributed by atoms with Crippen molar-refractivity contribution >= 4 is 11.9 Å². The van der Waals surface area contributed by atoms with E-state index in [-0.39, 0.29) is 37.7 Å². The second kappa shape index (κ2) is 21.1. The Bertz CT molecular complexity index is 1990. The number of unbranched alkanes of at least 4 members (excludes halogenated alkanes) is 6. The van der Waals surface area contributed by atoms with Crippen molar-refractivity contribution in [3.8, 4) is 28.4 Å². The Hall–Kier alpha value is -4.99. The van der Waals surface area contributed by atoms with Gasteiger partial charge in [0.1, 0.15) is 17.2 Å². The maximum absolute atomic E-state index is 14.0. The van der Waals surface area contributed by atoms with E-state index in [2.05, 4.69) is 11.7 Å². The van der Waals surface area contributed by atoms with Crippen LogP contribution < -0.4 is 14.2 Å². The van der Waals surface area contributed by atoms with Crippen LogP contribution in [0, 0.1) is 0 Å². The molecule has 6 nitrogen and oxygen atoms in total. The number of esters is 2. The zero-order chi connectivity index (χ0) is 49.3. The largest absolute Gasteiger partial charge is 0.494 e. The van der Waals surface area contributed by atoms with E-state index in [1.54, 1.807) is 72.8 Å². The Morgan fingerprint density at radius 2 is 0.923 bits per heavy atom. The van der Waals surface area contributed by atoms with Crippen LogP contribution in [-0.2, 0) is 9.53 Å². The van der Waals surface area contributed by atoms with Gasteiger partial charge in [0.25, 0.3) is 0 Å². The molecule has 0 radical (unpaired) electrons. The van der Waals surface area contributed by atoms with E-state index in [0.29, 0.717) is 17.1 Å². The van der Waals surface area contributed by atoms with Gasteiger partial charge in [0.05, 0.1) is 24.9 Å². The summed E-state index contributed by atoms with van der Waals surface area (Å²) in [6.45, 7) is 2.84. The zero-order valence-corrected chi connectivity index (χ0v) is 34.2. The quantitative estimate of drug-likeness (QED) is 0.0365. The van der Waals surface area contributed by atoms with E-state index in [1.165, 1.54) is 6.42 Å². The fourth-order valence-corrected chi connectivity index (χ4v) is 5.74. The number of ether oxygens (including phenoxy) is 4. The number of halogens is 17. The molecular formula is C42H41F17O6. The molecule has 0 heterocycles. The molecule has 0 aromatic heterocycles. The van der Waals surface area contributed by atoms with Crippen molar-refractivity contribution in [3.05, 3.63) is 78.4 Å². The van der Waals surface area contributed by atoms with E-state index in [1.807, 2.05) is 6.92 Å². The van der Waals surface area contributed by atoms with Gasteiger partial charge in [-0.25, -0.2) is 9.59 Å². The number of alkyl halides is 17. The summed E-state index contributed by atoms with van der Waals surface area (Å²) in [7, 11) is 0. The van der Waals surface area contributed by atoms with E-state index in [0.717, 1.165) is 36.8 Å². The lowest BCUT2D eigenvalue weighted by atomic mass is 9.89. The van der Waals surface area contributed by atoms with Crippen LogP contribution in [0.2, 0.25) is 0 Å². The first kappa shape index (κ1) is 54.3. The van der Waals surface area contributed by atoms with Gasteiger partial charge in [0.15, 0.2) is 0 Å². The molecule has 1 atom stereocenters. The summed E-state index contributed by atoms with van der Waals surface area (Å²) in [5.41, 5.74) is 1.81. The summed E-state index contributed by atoms with van der Waals surface area (Å²) in [5.74, 6) is -61.5. The molecule has 3 rings (SSSR count). The van der Waals surface area contributed by atoms with Crippen molar-refractivity contribution in [2.75, 3.05) is 13.2 Å². The van der Waals surface area contributed by atoms with Gasteiger partial charge in [-0.15, -0.1) is 0 Å². The molecule has 0 fully saturated rings. The van der Waals surface area contributed by atoms with Gasteiger partial charge in [-0.3, -0.25) is 0 Å². The topological polar surface area (TPSA) is 71.1 Å². The molecule has 65 heavy (non-hydrogen) atoms. The van der Waals surface area contributed by atoms with Gasteiger partial charge in [-0.1, -0.05) is 50.5 Å². The van der Waals surface area contributed by atoms with Crippen molar-refractivity contribution in [2.24, 2.45) is 0 Å². The second-order valence-electron chi connectivity index (χ2n) is 14.7. The molecule has 0 amide bonds. The van der Waals surface area contributed by atoms with Crippen LogP contribution >= 0.6 is 0 Å². The Morgan fingerprint density at radius 1 is 0.492 bits per heavy atom. The Kier molecular flexibility index (Phi) is 17.6. The highest BCUT2D eigenvalue weighted by atomic mass is 19.4. The normalized spacial score (nSPS) is 13.9. The minimum absolute atomic E-state index is 0.0263. The van der Waals surface area contributed by atoms with Crippen molar-refractivity contribution in [1.29, 1.82) is 0 Å². The van der Waals surface area contributed by atoms with Gasteiger partial charge >= 0.3 is 59.6 Å². The molecule has 3 aromatic rings. The minimum atomic E-state index is -8.79. The van der Waals surface area contributed by atoms with Crippen molar-refractivity contribution in [1.82, 2.24) is 0 Å². The van der Waals surface area contributed by atoms with E-state index >= 15 is 0 Å². The Balaban J connectivity index is 1.43. The average molecular weight is 965 g/mol. The van der Waals surface area contributed by atoms with Gasteiger partial charge in [-0.2, -0.15) is 74.6 Å². The highest BCUT2D eigenvalue weighted by molar-refractivity contribution is 5.91.